The minimum atomic E-state index is -0.00134. The zero-order valence-corrected chi connectivity index (χ0v) is 13.5. The van der Waals surface area contributed by atoms with Crippen LogP contribution >= 0.6 is 11.6 Å². The number of aryl methyl sites for hydroxylation is 2. The maximum absolute atomic E-state index is 12.5. The second-order valence-electron chi connectivity index (χ2n) is 5.99. The Kier molecular flexibility index (Phi) is 4.49. The summed E-state index contributed by atoms with van der Waals surface area (Å²) >= 11 is 5.96. The molecule has 1 N–H and O–H groups in total. The maximum Gasteiger partial charge on any atom is 0.251 e. The van der Waals surface area contributed by atoms with Crippen molar-refractivity contribution in [3.63, 3.8) is 0 Å². The fraction of sp³-hybridized carbons (Fsp3) is 0.316. The third-order valence-electron chi connectivity index (χ3n) is 4.35. The molecule has 1 aliphatic carbocycles. The van der Waals surface area contributed by atoms with E-state index in [4.69, 9.17) is 11.6 Å². The van der Waals surface area contributed by atoms with Gasteiger partial charge in [0.05, 0.1) is 0 Å². The summed E-state index contributed by atoms with van der Waals surface area (Å²) < 4.78 is 0. The number of fused-ring (bicyclic) bond motifs is 1. The summed E-state index contributed by atoms with van der Waals surface area (Å²) in [5.74, 6) is -0.00134. The van der Waals surface area contributed by atoms with Gasteiger partial charge in [0.2, 0.25) is 0 Å². The first-order valence-electron chi connectivity index (χ1n) is 7.77. The molecule has 0 saturated heterocycles. The van der Waals surface area contributed by atoms with Crippen LogP contribution in [0.3, 0.4) is 0 Å². The summed E-state index contributed by atoms with van der Waals surface area (Å²) in [6.07, 6.45) is 4.14. The molecule has 0 spiro atoms. The minimum Gasteiger partial charge on any atom is -0.349 e. The van der Waals surface area contributed by atoms with Gasteiger partial charge in [-0.3, -0.25) is 4.79 Å². The first-order chi connectivity index (χ1) is 10.6. The van der Waals surface area contributed by atoms with E-state index in [1.54, 1.807) is 12.1 Å². The molecule has 22 heavy (non-hydrogen) atoms. The van der Waals surface area contributed by atoms with Crippen molar-refractivity contribution in [3.05, 3.63) is 69.7 Å². The molecule has 2 nitrogen and oxygen atoms in total. The van der Waals surface area contributed by atoms with Gasteiger partial charge in [-0.25, -0.2) is 0 Å². The molecule has 2 aromatic carbocycles. The van der Waals surface area contributed by atoms with Crippen LogP contribution in [0.5, 0.6) is 0 Å². The number of hydrogen-bond acceptors (Lipinski definition) is 1. The summed E-state index contributed by atoms with van der Waals surface area (Å²) in [7, 11) is 0. The lowest BCUT2D eigenvalue weighted by Gasteiger charge is -2.18. The smallest absolute Gasteiger partial charge is 0.251 e. The van der Waals surface area contributed by atoms with Crippen molar-refractivity contribution in [3.8, 4) is 0 Å². The van der Waals surface area contributed by atoms with E-state index in [9.17, 15) is 4.79 Å². The third kappa shape index (κ3) is 3.33. The SMILES string of the molecule is Cc1cc(Cl)ccc1C(=O)NC1CCCc2ccccc2C1. The Balaban J connectivity index is 1.74. The zero-order chi connectivity index (χ0) is 15.5. The van der Waals surface area contributed by atoms with Crippen molar-refractivity contribution < 1.29 is 4.79 Å². The van der Waals surface area contributed by atoms with Crippen molar-refractivity contribution in [2.24, 2.45) is 0 Å². The summed E-state index contributed by atoms with van der Waals surface area (Å²) in [4.78, 5) is 12.5. The molecule has 3 heteroatoms. The molecule has 1 atom stereocenters. The predicted molar refractivity (Wildman–Crippen MR) is 90.5 cm³/mol. The van der Waals surface area contributed by atoms with E-state index < -0.39 is 0 Å². The highest BCUT2D eigenvalue weighted by Crippen LogP contribution is 2.21. The van der Waals surface area contributed by atoms with Crippen LogP contribution in [0.15, 0.2) is 42.5 Å². The number of rotatable bonds is 2. The van der Waals surface area contributed by atoms with Gasteiger partial charge in [-0.1, -0.05) is 35.9 Å². The van der Waals surface area contributed by atoms with Crippen molar-refractivity contribution in [2.75, 3.05) is 0 Å². The number of halogens is 1. The first kappa shape index (κ1) is 15.1. The molecule has 2 aromatic rings. The molecule has 1 aliphatic rings. The average Bonchev–Trinajstić information content (AvgIpc) is 2.68. The Labute approximate surface area is 136 Å². The zero-order valence-electron chi connectivity index (χ0n) is 12.7. The van der Waals surface area contributed by atoms with Gasteiger partial charge in [0, 0.05) is 16.6 Å². The van der Waals surface area contributed by atoms with E-state index in [1.165, 1.54) is 11.1 Å². The summed E-state index contributed by atoms with van der Waals surface area (Å²) in [5.41, 5.74) is 4.40. The number of nitrogens with one attached hydrogen (secondary N) is 1. The van der Waals surface area contributed by atoms with E-state index in [1.807, 2.05) is 13.0 Å². The van der Waals surface area contributed by atoms with E-state index in [0.29, 0.717) is 10.6 Å². The molecule has 1 amide bonds. The van der Waals surface area contributed by atoms with Crippen molar-refractivity contribution >= 4 is 17.5 Å². The van der Waals surface area contributed by atoms with Gasteiger partial charge in [-0.05, 0) is 67.5 Å². The molecule has 0 aliphatic heterocycles. The molecular weight excluding hydrogens is 294 g/mol. The largest absolute Gasteiger partial charge is 0.349 e. The number of carbonyl (C=O) groups is 1. The van der Waals surface area contributed by atoms with Gasteiger partial charge in [-0.2, -0.15) is 0 Å². The number of carbonyl (C=O) groups excluding carboxylic acids is 1. The van der Waals surface area contributed by atoms with Crippen LogP contribution in [0.25, 0.3) is 0 Å². The Hall–Kier alpha value is -1.80. The van der Waals surface area contributed by atoms with Crippen LogP contribution < -0.4 is 5.32 Å². The number of hydrogen-bond donors (Lipinski definition) is 1. The summed E-state index contributed by atoms with van der Waals surface area (Å²) in [6.45, 7) is 1.92. The van der Waals surface area contributed by atoms with Gasteiger partial charge < -0.3 is 5.32 Å². The highest BCUT2D eigenvalue weighted by molar-refractivity contribution is 6.30. The quantitative estimate of drug-likeness (QED) is 0.822. The molecule has 0 radical (unpaired) electrons. The minimum absolute atomic E-state index is 0.00134. The van der Waals surface area contributed by atoms with Gasteiger partial charge in [0.15, 0.2) is 0 Å². The molecule has 1 unspecified atom stereocenters. The second kappa shape index (κ2) is 6.53. The van der Waals surface area contributed by atoms with Crippen LogP contribution in [0.4, 0.5) is 0 Å². The number of benzene rings is 2. The molecule has 0 fully saturated rings. The van der Waals surface area contributed by atoms with Crippen molar-refractivity contribution in [1.29, 1.82) is 0 Å². The van der Waals surface area contributed by atoms with Crippen molar-refractivity contribution in [1.82, 2.24) is 5.32 Å². The first-order valence-corrected chi connectivity index (χ1v) is 8.15. The van der Waals surface area contributed by atoms with E-state index in [-0.39, 0.29) is 11.9 Å². The Bertz CT molecular complexity index is 696. The predicted octanol–water partition coefficient (Wildman–Crippen LogP) is 4.33. The van der Waals surface area contributed by atoms with E-state index in [0.717, 1.165) is 31.2 Å². The normalized spacial score (nSPS) is 17.5. The average molecular weight is 314 g/mol. The third-order valence-corrected chi connectivity index (χ3v) is 4.59. The Morgan fingerprint density at radius 1 is 1.18 bits per heavy atom. The fourth-order valence-corrected chi connectivity index (χ4v) is 3.40. The monoisotopic (exact) mass is 313 g/mol. The highest BCUT2D eigenvalue weighted by atomic mass is 35.5. The van der Waals surface area contributed by atoms with E-state index in [2.05, 4.69) is 29.6 Å². The lowest BCUT2D eigenvalue weighted by Crippen LogP contribution is -2.36. The topological polar surface area (TPSA) is 29.1 Å². The Morgan fingerprint density at radius 3 is 2.73 bits per heavy atom. The van der Waals surface area contributed by atoms with Crippen LogP contribution in [-0.4, -0.2) is 11.9 Å². The van der Waals surface area contributed by atoms with Crippen molar-refractivity contribution in [2.45, 2.75) is 38.6 Å². The lowest BCUT2D eigenvalue weighted by molar-refractivity contribution is 0.0934. The molecule has 3 rings (SSSR count). The summed E-state index contributed by atoms with van der Waals surface area (Å²) in [6, 6.07) is 14.1. The molecule has 0 bridgehead atoms. The maximum atomic E-state index is 12.5. The lowest BCUT2D eigenvalue weighted by atomic mass is 10.0. The van der Waals surface area contributed by atoms with Crippen LogP contribution in [0.1, 0.15) is 39.9 Å². The molecule has 114 valence electrons. The Morgan fingerprint density at radius 2 is 1.95 bits per heavy atom. The van der Waals surface area contributed by atoms with Gasteiger partial charge >= 0.3 is 0 Å². The van der Waals surface area contributed by atoms with E-state index >= 15 is 0 Å². The molecule has 0 saturated carbocycles. The summed E-state index contributed by atoms with van der Waals surface area (Å²) in [5, 5.41) is 3.86. The molecule has 0 aromatic heterocycles. The number of amides is 1. The van der Waals surface area contributed by atoms with Gasteiger partial charge in [0.1, 0.15) is 0 Å². The standard InChI is InChI=1S/C19H20ClNO/c1-13-11-16(20)9-10-18(13)19(22)21-17-8-4-7-14-5-2-3-6-15(14)12-17/h2-3,5-6,9-11,17H,4,7-8,12H2,1H3,(H,21,22). The molecular formula is C19H20ClNO. The van der Waals surface area contributed by atoms with Crippen LogP contribution in [0.2, 0.25) is 5.02 Å². The highest BCUT2D eigenvalue weighted by Gasteiger charge is 2.19. The second-order valence-corrected chi connectivity index (χ2v) is 6.43. The van der Waals surface area contributed by atoms with Crippen LogP contribution in [-0.2, 0) is 12.8 Å². The van der Waals surface area contributed by atoms with Crippen LogP contribution in [0, 0.1) is 6.92 Å². The van der Waals surface area contributed by atoms with Gasteiger partial charge in [0.25, 0.3) is 5.91 Å². The fourth-order valence-electron chi connectivity index (χ4n) is 3.18. The molecule has 0 heterocycles. The van der Waals surface area contributed by atoms with Gasteiger partial charge in [-0.15, -0.1) is 0 Å².